The van der Waals surface area contributed by atoms with Gasteiger partial charge < -0.3 is 14.7 Å². The molecular formula is C23H33NO4. The molecule has 1 unspecified atom stereocenters. The van der Waals surface area contributed by atoms with Crippen LogP contribution in [-0.2, 0) is 9.59 Å². The Morgan fingerprint density at radius 2 is 1.82 bits per heavy atom. The van der Waals surface area contributed by atoms with E-state index in [1.54, 1.807) is 4.90 Å². The first-order chi connectivity index (χ1) is 13.4. The average molecular weight is 388 g/mol. The van der Waals surface area contributed by atoms with Crippen LogP contribution < -0.4 is 4.74 Å². The number of benzene rings is 1. The summed E-state index contributed by atoms with van der Waals surface area (Å²) in [6, 6.07) is 6.98. The van der Waals surface area contributed by atoms with Gasteiger partial charge in [0.15, 0.2) is 11.5 Å². The summed E-state index contributed by atoms with van der Waals surface area (Å²) >= 11 is 0. The van der Waals surface area contributed by atoms with Crippen LogP contribution in [0.3, 0.4) is 0 Å². The topological polar surface area (TPSA) is 66.8 Å². The van der Waals surface area contributed by atoms with Crippen LogP contribution in [0.2, 0.25) is 0 Å². The Morgan fingerprint density at radius 1 is 1.14 bits per heavy atom. The molecule has 0 bridgehead atoms. The van der Waals surface area contributed by atoms with Crippen molar-refractivity contribution in [3.63, 3.8) is 0 Å². The minimum atomic E-state index is -0.534. The number of aliphatic hydroxyl groups excluding tert-OH is 1. The van der Waals surface area contributed by atoms with E-state index < -0.39 is 17.7 Å². The number of amides is 1. The monoisotopic (exact) mass is 387 g/mol. The van der Waals surface area contributed by atoms with Gasteiger partial charge in [0.25, 0.3) is 5.91 Å². The summed E-state index contributed by atoms with van der Waals surface area (Å²) in [5.41, 5.74) is 1.04. The summed E-state index contributed by atoms with van der Waals surface area (Å²) in [5, 5.41) is 10.4. The summed E-state index contributed by atoms with van der Waals surface area (Å²) in [7, 11) is 0. The number of rotatable bonds is 11. The number of aliphatic hydroxyl groups is 1. The molecule has 1 aliphatic rings. The Kier molecular flexibility index (Phi) is 8.09. The molecule has 1 aromatic carbocycles. The molecule has 5 heteroatoms. The van der Waals surface area contributed by atoms with Crippen molar-refractivity contribution in [2.24, 2.45) is 5.92 Å². The van der Waals surface area contributed by atoms with Gasteiger partial charge in [0.1, 0.15) is 5.75 Å². The second kappa shape index (κ2) is 10.3. The van der Waals surface area contributed by atoms with E-state index in [9.17, 15) is 14.7 Å². The smallest absolute Gasteiger partial charge is 0.290 e. The maximum Gasteiger partial charge on any atom is 0.290 e. The van der Waals surface area contributed by atoms with Crippen molar-refractivity contribution in [1.29, 1.82) is 0 Å². The molecule has 1 N–H and O–H groups in total. The van der Waals surface area contributed by atoms with Crippen molar-refractivity contribution < 1.29 is 19.4 Å². The molecular weight excluding hydrogens is 354 g/mol. The average Bonchev–Trinajstić information content (AvgIpc) is 2.90. The Hall–Kier alpha value is -2.30. The Balaban J connectivity index is 2.27. The van der Waals surface area contributed by atoms with E-state index in [2.05, 4.69) is 6.92 Å². The highest BCUT2D eigenvalue weighted by Gasteiger charge is 2.42. The Morgan fingerprint density at radius 3 is 2.39 bits per heavy atom. The van der Waals surface area contributed by atoms with Gasteiger partial charge >= 0.3 is 0 Å². The molecule has 1 amide bonds. The minimum Gasteiger partial charge on any atom is -0.503 e. The van der Waals surface area contributed by atoms with Crippen molar-refractivity contribution in [3.8, 4) is 5.75 Å². The molecule has 5 nitrogen and oxygen atoms in total. The van der Waals surface area contributed by atoms with E-state index in [-0.39, 0.29) is 17.3 Å². The van der Waals surface area contributed by atoms with Gasteiger partial charge in [0, 0.05) is 13.0 Å². The highest BCUT2D eigenvalue weighted by Crippen LogP contribution is 2.39. The Labute approximate surface area is 168 Å². The number of carbonyl (C=O) groups is 2. The molecule has 28 heavy (non-hydrogen) atoms. The van der Waals surface area contributed by atoms with Crippen molar-refractivity contribution in [2.45, 2.75) is 65.8 Å². The van der Waals surface area contributed by atoms with E-state index in [1.165, 1.54) is 0 Å². The zero-order valence-electron chi connectivity index (χ0n) is 17.5. The maximum absolute atomic E-state index is 12.8. The molecule has 2 rings (SSSR count). The highest BCUT2D eigenvalue weighted by molar-refractivity contribution is 6.09. The third-order valence-corrected chi connectivity index (χ3v) is 4.87. The number of nitrogens with zero attached hydrogens (tertiary/aromatic N) is 1. The van der Waals surface area contributed by atoms with E-state index in [0.717, 1.165) is 37.0 Å². The fourth-order valence-electron chi connectivity index (χ4n) is 3.53. The molecule has 1 aliphatic heterocycles. The molecule has 154 valence electrons. The lowest BCUT2D eigenvalue weighted by atomic mass is 9.92. The van der Waals surface area contributed by atoms with Gasteiger partial charge in [-0.1, -0.05) is 52.7 Å². The number of hydrogen-bond acceptors (Lipinski definition) is 4. The van der Waals surface area contributed by atoms with Crippen LogP contribution in [0.25, 0.3) is 0 Å². The number of ketones is 1. The number of Topliss-reactive ketones (excluding diaryl/α,β-unsaturated/α-hetero) is 1. The molecule has 0 spiro atoms. The fraction of sp³-hybridized carbons (Fsp3) is 0.565. The van der Waals surface area contributed by atoms with Crippen molar-refractivity contribution in [1.82, 2.24) is 4.90 Å². The van der Waals surface area contributed by atoms with Crippen LogP contribution in [0.5, 0.6) is 5.75 Å². The highest BCUT2D eigenvalue weighted by atomic mass is 16.5. The maximum atomic E-state index is 12.8. The van der Waals surface area contributed by atoms with E-state index >= 15 is 0 Å². The largest absolute Gasteiger partial charge is 0.503 e. The molecule has 0 aliphatic carbocycles. The lowest BCUT2D eigenvalue weighted by Gasteiger charge is -2.26. The fourth-order valence-corrected chi connectivity index (χ4v) is 3.53. The third-order valence-electron chi connectivity index (χ3n) is 4.87. The summed E-state index contributed by atoms with van der Waals surface area (Å²) in [5.74, 6) is -0.0932. The van der Waals surface area contributed by atoms with Crippen LogP contribution >= 0.6 is 0 Å². The second-order valence-corrected chi connectivity index (χ2v) is 7.81. The molecule has 1 aromatic rings. The van der Waals surface area contributed by atoms with Crippen molar-refractivity contribution in [2.75, 3.05) is 13.2 Å². The number of ether oxygens (including phenoxy) is 1. The van der Waals surface area contributed by atoms with Gasteiger partial charge in [0.05, 0.1) is 18.2 Å². The van der Waals surface area contributed by atoms with Crippen LogP contribution in [-0.4, -0.2) is 34.8 Å². The van der Waals surface area contributed by atoms with Gasteiger partial charge in [-0.15, -0.1) is 0 Å². The minimum absolute atomic E-state index is 0.155. The number of unbranched alkanes of at least 4 members (excludes halogenated alkanes) is 2. The molecule has 0 fully saturated rings. The normalized spacial score (nSPS) is 17.0. The molecule has 0 radical (unpaired) electrons. The van der Waals surface area contributed by atoms with E-state index in [4.69, 9.17) is 4.74 Å². The van der Waals surface area contributed by atoms with Crippen LogP contribution in [0.1, 0.15) is 71.4 Å². The second-order valence-electron chi connectivity index (χ2n) is 7.81. The summed E-state index contributed by atoms with van der Waals surface area (Å²) in [4.78, 5) is 27.0. The molecule has 0 aromatic heterocycles. The molecule has 0 saturated heterocycles. The molecule has 1 heterocycles. The van der Waals surface area contributed by atoms with Gasteiger partial charge in [-0.3, -0.25) is 9.59 Å². The van der Waals surface area contributed by atoms with Crippen molar-refractivity contribution >= 4 is 11.7 Å². The Bertz CT molecular complexity index is 706. The zero-order valence-corrected chi connectivity index (χ0v) is 17.5. The predicted molar refractivity (Wildman–Crippen MR) is 110 cm³/mol. The van der Waals surface area contributed by atoms with Gasteiger partial charge in [-0.2, -0.15) is 0 Å². The standard InChI is InChI=1S/C23H33NO4/c1-5-7-8-14-28-18-11-9-17(10-12-18)21-20(19(25)15-16(3)4)22(26)23(27)24(21)13-6-2/h9-12,16,21,26H,5-8,13-15H2,1-4H3. The number of hydrogen-bond donors (Lipinski definition) is 1. The van der Waals surface area contributed by atoms with E-state index in [0.29, 0.717) is 19.6 Å². The quantitative estimate of drug-likeness (QED) is 0.544. The first kappa shape index (κ1) is 22.0. The number of carbonyl (C=O) groups excluding carboxylic acids is 2. The molecule has 1 atom stereocenters. The van der Waals surface area contributed by atoms with E-state index in [1.807, 2.05) is 45.0 Å². The zero-order chi connectivity index (χ0) is 20.7. The first-order valence-electron chi connectivity index (χ1n) is 10.4. The first-order valence-corrected chi connectivity index (χ1v) is 10.4. The van der Waals surface area contributed by atoms with Crippen LogP contribution in [0, 0.1) is 5.92 Å². The van der Waals surface area contributed by atoms with Gasteiger partial charge in [0.2, 0.25) is 0 Å². The lowest BCUT2D eigenvalue weighted by Crippen LogP contribution is -2.31. The summed E-state index contributed by atoms with van der Waals surface area (Å²) in [6.07, 6.45) is 4.36. The van der Waals surface area contributed by atoms with Crippen molar-refractivity contribution in [3.05, 3.63) is 41.2 Å². The van der Waals surface area contributed by atoms with Gasteiger partial charge in [-0.25, -0.2) is 0 Å². The van der Waals surface area contributed by atoms with Gasteiger partial charge in [-0.05, 0) is 36.5 Å². The molecule has 0 saturated carbocycles. The van der Waals surface area contributed by atoms with Crippen LogP contribution in [0.15, 0.2) is 35.6 Å². The summed E-state index contributed by atoms with van der Waals surface area (Å²) < 4.78 is 5.76. The summed E-state index contributed by atoms with van der Waals surface area (Å²) in [6.45, 7) is 9.20. The SMILES string of the molecule is CCCCCOc1ccc(C2C(C(=O)CC(C)C)=C(O)C(=O)N2CCC)cc1. The van der Waals surface area contributed by atoms with Crippen LogP contribution in [0.4, 0.5) is 0 Å². The predicted octanol–water partition coefficient (Wildman–Crippen LogP) is 4.98. The lowest BCUT2D eigenvalue weighted by molar-refractivity contribution is -0.129. The third kappa shape index (κ3) is 5.15.